The fraction of sp³-hybridized carbons (Fsp3) is 0.417. The number of nitrogens with zero attached hydrogens (tertiary/aromatic N) is 1. The van der Waals surface area contributed by atoms with Crippen molar-refractivity contribution in [2.75, 3.05) is 0 Å². The average molecular weight is 205 g/mol. The molecule has 0 saturated heterocycles. The summed E-state index contributed by atoms with van der Waals surface area (Å²) < 4.78 is 5.40. The summed E-state index contributed by atoms with van der Waals surface area (Å²) in [4.78, 5) is 0. The molecule has 0 aromatic heterocycles. The molecule has 1 aromatic carbocycles. The van der Waals surface area contributed by atoms with Gasteiger partial charge < -0.3 is 9.84 Å². The second kappa shape index (κ2) is 5.38. The zero-order valence-electron chi connectivity index (χ0n) is 8.97. The minimum Gasteiger partial charge on any atom is -0.476 e. The first-order valence-electron chi connectivity index (χ1n) is 5.01. The van der Waals surface area contributed by atoms with Crippen LogP contribution in [-0.4, -0.2) is 11.2 Å². The molecular formula is C12H15NO2. The van der Waals surface area contributed by atoms with E-state index in [1.165, 1.54) is 0 Å². The van der Waals surface area contributed by atoms with E-state index in [0.717, 1.165) is 5.56 Å². The predicted molar refractivity (Wildman–Crippen MR) is 57.4 cm³/mol. The van der Waals surface area contributed by atoms with Crippen LogP contribution in [0, 0.1) is 11.3 Å². The normalized spacial score (nSPS) is 14.0. The number of hydrogen-bond acceptors (Lipinski definition) is 3. The third-order valence-electron chi connectivity index (χ3n) is 2.16. The van der Waals surface area contributed by atoms with E-state index >= 15 is 0 Å². The zero-order valence-corrected chi connectivity index (χ0v) is 8.97. The van der Waals surface area contributed by atoms with Crippen molar-refractivity contribution >= 4 is 0 Å². The number of benzene rings is 1. The maximum atomic E-state index is 9.30. The maximum absolute atomic E-state index is 9.30. The Kier molecular flexibility index (Phi) is 4.14. The van der Waals surface area contributed by atoms with E-state index in [-0.39, 0.29) is 0 Å². The summed E-state index contributed by atoms with van der Waals surface area (Å²) in [5, 5.41) is 18.0. The van der Waals surface area contributed by atoms with Crippen LogP contribution in [0.3, 0.4) is 0 Å². The van der Waals surface area contributed by atoms with Gasteiger partial charge >= 0.3 is 0 Å². The van der Waals surface area contributed by atoms with Crippen LogP contribution in [0.2, 0.25) is 0 Å². The Hall–Kier alpha value is -1.53. The van der Waals surface area contributed by atoms with Gasteiger partial charge in [0.1, 0.15) is 11.8 Å². The second-order valence-electron chi connectivity index (χ2n) is 3.39. The van der Waals surface area contributed by atoms with Crippen LogP contribution in [0.4, 0.5) is 0 Å². The van der Waals surface area contributed by atoms with E-state index in [1.807, 2.05) is 6.92 Å². The maximum Gasteiger partial charge on any atom is 0.184 e. The number of hydrogen-bond donors (Lipinski definition) is 1. The van der Waals surface area contributed by atoms with Gasteiger partial charge in [0, 0.05) is 0 Å². The zero-order chi connectivity index (χ0) is 11.3. The molecule has 0 spiro atoms. The first-order valence-corrected chi connectivity index (χ1v) is 5.01. The van der Waals surface area contributed by atoms with Crippen LogP contribution < -0.4 is 4.74 Å². The molecule has 1 rings (SSSR count). The van der Waals surface area contributed by atoms with Gasteiger partial charge in [-0.2, -0.15) is 5.26 Å². The molecule has 0 radical (unpaired) electrons. The van der Waals surface area contributed by atoms with Crippen LogP contribution in [0.25, 0.3) is 0 Å². The van der Waals surface area contributed by atoms with Gasteiger partial charge in [0.05, 0.1) is 6.10 Å². The van der Waals surface area contributed by atoms with Gasteiger partial charge in [0.2, 0.25) is 0 Å². The highest BCUT2D eigenvalue weighted by Gasteiger charge is 2.06. The second-order valence-corrected chi connectivity index (χ2v) is 3.39. The van der Waals surface area contributed by atoms with Crippen LogP contribution >= 0.6 is 0 Å². The number of ether oxygens (including phenoxy) is 1. The van der Waals surface area contributed by atoms with Gasteiger partial charge in [0.15, 0.2) is 6.10 Å². The van der Waals surface area contributed by atoms with Crippen molar-refractivity contribution in [2.24, 2.45) is 0 Å². The van der Waals surface area contributed by atoms with Crippen molar-refractivity contribution in [1.29, 1.82) is 5.26 Å². The predicted octanol–water partition coefficient (Wildman–Crippen LogP) is 2.42. The number of nitriles is 1. The fourth-order valence-electron chi connectivity index (χ4n) is 1.19. The van der Waals surface area contributed by atoms with E-state index in [4.69, 9.17) is 10.00 Å². The highest BCUT2D eigenvalue weighted by atomic mass is 16.5. The van der Waals surface area contributed by atoms with Crippen molar-refractivity contribution in [3.63, 3.8) is 0 Å². The average Bonchev–Trinajstić information content (AvgIpc) is 2.26. The minimum atomic E-state index is -0.475. The first-order chi connectivity index (χ1) is 7.17. The van der Waals surface area contributed by atoms with E-state index < -0.39 is 12.2 Å². The Labute approximate surface area is 89.9 Å². The van der Waals surface area contributed by atoms with Gasteiger partial charge in [-0.15, -0.1) is 0 Å². The Morgan fingerprint density at radius 3 is 2.40 bits per heavy atom. The summed E-state index contributed by atoms with van der Waals surface area (Å²) in [6.07, 6.45) is -0.214. The summed E-state index contributed by atoms with van der Waals surface area (Å²) in [5.41, 5.74) is 0.840. The molecule has 0 bridgehead atoms. The lowest BCUT2D eigenvalue weighted by Crippen LogP contribution is -2.12. The monoisotopic (exact) mass is 205 g/mol. The van der Waals surface area contributed by atoms with Crippen molar-refractivity contribution in [2.45, 2.75) is 32.5 Å². The van der Waals surface area contributed by atoms with Crippen LogP contribution in [0.5, 0.6) is 5.75 Å². The molecule has 0 aliphatic heterocycles. The Morgan fingerprint density at radius 1 is 1.40 bits per heavy atom. The van der Waals surface area contributed by atoms with E-state index in [9.17, 15) is 5.11 Å². The van der Waals surface area contributed by atoms with E-state index in [0.29, 0.717) is 12.2 Å². The Balaban J connectivity index is 2.69. The number of aliphatic hydroxyl groups excluding tert-OH is 1. The molecule has 3 nitrogen and oxygen atoms in total. The van der Waals surface area contributed by atoms with Gasteiger partial charge in [-0.05, 0) is 31.0 Å². The van der Waals surface area contributed by atoms with Crippen molar-refractivity contribution in [3.8, 4) is 11.8 Å². The lowest BCUT2D eigenvalue weighted by atomic mass is 10.1. The lowest BCUT2D eigenvalue weighted by Gasteiger charge is -2.11. The summed E-state index contributed by atoms with van der Waals surface area (Å²) in [7, 11) is 0. The molecule has 2 atom stereocenters. The minimum absolute atomic E-state index is 0.401. The number of rotatable bonds is 4. The third-order valence-corrected chi connectivity index (χ3v) is 2.16. The largest absolute Gasteiger partial charge is 0.476 e. The quantitative estimate of drug-likeness (QED) is 0.821. The Bertz CT molecular complexity index is 338. The van der Waals surface area contributed by atoms with Crippen molar-refractivity contribution in [3.05, 3.63) is 29.8 Å². The van der Waals surface area contributed by atoms with E-state index in [1.54, 1.807) is 31.2 Å². The Morgan fingerprint density at radius 2 is 2.00 bits per heavy atom. The van der Waals surface area contributed by atoms with Gasteiger partial charge in [-0.25, -0.2) is 0 Å². The molecule has 3 heteroatoms. The number of aliphatic hydroxyl groups is 1. The van der Waals surface area contributed by atoms with Gasteiger partial charge in [-0.1, -0.05) is 19.1 Å². The third kappa shape index (κ3) is 3.26. The van der Waals surface area contributed by atoms with Gasteiger partial charge in [0.25, 0.3) is 0 Å². The first kappa shape index (κ1) is 11.5. The molecule has 0 amide bonds. The summed E-state index contributed by atoms with van der Waals surface area (Å²) in [6.45, 7) is 3.61. The summed E-state index contributed by atoms with van der Waals surface area (Å²) in [5.74, 6) is 0.660. The highest BCUT2D eigenvalue weighted by molar-refractivity contribution is 5.28. The molecule has 1 unspecified atom stereocenters. The molecule has 0 heterocycles. The topological polar surface area (TPSA) is 53.2 Å². The van der Waals surface area contributed by atoms with Crippen LogP contribution in [-0.2, 0) is 0 Å². The molecule has 0 fully saturated rings. The van der Waals surface area contributed by atoms with E-state index in [2.05, 4.69) is 6.07 Å². The van der Waals surface area contributed by atoms with Gasteiger partial charge in [-0.3, -0.25) is 0 Å². The smallest absolute Gasteiger partial charge is 0.184 e. The molecule has 1 N–H and O–H groups in total. The van der Waals surface area contributed by atoms with Crippen molar-refractivity contribution < 1.29 is 9.84 Å². The van der Waals surface area contributed by atoms with Crippen molar-refractivity contribution in [1.82, 2.24) is 0 Å². The molecule has 15 heavy (non-hydrogen) atoms. The lowest BCUT2D eigenvalue weighted by molar-refractivity contribution is 0.199. The SMILES string of the molecule is CCC(C#N)Oc1ccc([C@H](C)O)cc1. The molecule has 0 saturated carbocycles. The molecule has 1 aromatic rings. The molecular weight excluding hydrogens is 190 g/mol. The fourth-order valence-corrected chi connectivity index (χ4v) is 1.19. The molecule has 0 aliphatic carbocycles. The van der Waals surface area contributed by atoms with Crippen LogP contribution in [0.1, 0.15) is 31.9 Å². The molecule has 0 aliphatic rings. The van der Waals surface area contributed by atoms with Crippen LogP contribution in [0.15, 0.2) is 24.3 Å². The summed E-state index contributed by atoms with van der Waals surface area (Å²) >= 11 is 0. The summed E-state index contributed by atoms with van der Waals surface area (Å²) in [6, 6.07) is 9.19. The highest BCUT2D eigenvalue weighted by Crippen LogP contribution is 2.18. The standard InChI is InChI=1S/C12H15NO2/c1-3-11(8-13)15-12-6-4-10(5-7-12)9(2)14/h4-7,9,11,14H,3H2,1-2H3/t9-,11?/m0/s1. The molecule has 80 valence electrons.